The average molecular weight is 381 g/mol. The number of aryl methyl sites for hydroxylation is 1. The van der Waals surface area contributed by atoms with Gasteiger partial charge in [0.05, 0.1) is 5.69 Å². The highest BCUT2D eigenvalue weighted by molar-refractivity contribution is 6.05. The van der Waals surface area contributed by atoms with Crippen LogP contribution in [0.1, 0.15) is 56.3 Å². The number of benzene rings is 1. The minimum atomic E-state index is -1.16. The van der Waals surface area contributed by atoms with Crippen LogP contribution in [0.15, 0.2) is 39.5 Å². The van der Waals surface area contributed by atoms with E-state index in [1.165, 1.54) is 19.9 Å². The Labute approximate surface area is 160 Å². The van der Waals surface area contributed by atoms with E-state index in [4.69, 9.17) is 9.15 Å². The molecule has 0 aliphatic heterocycles. The number of Topliss-reactive ketones (excluding diaryl/α,β-unsaturated/α-hetero) is 2. The molecule has 3 rings (SSSR count). The lowest BCUT2D eigenvalue weighted by molar-refractivity contribution is 0.0313. The van der Waals surface area contributed by atoms with Crippen molar-refractivity contribution in [1.29, 1.82) is 0 Å². The fourth-order valence-electron chi connectivity index (χ4n) is 3.21. The van der Waals surface area contributed by atoms with Crippen LogP contribution in [-0.4, -0.2) is 28.6 Å². The molecule has 1 aromatic carbocycles. The molecule has 7 nitrogen and oxygen atoms in total. The van der Waals surface area contributed by atoms with Gasteiger partial charge in [-0.25, -0.2) is 9.59 Å². The molecule has 0 spiro atoms. The molecule has 1 atom stereocenters. The Balaban J connectivity index is 1.86. The predicted molar refractivity (Wildman–Crippen MR) is 102 cm³/mol. The van der Waals surface area contributed by atoms with Crippen molar-refractivity contribution < 1.29 is 23.5 Å². The minimum Gasteiger partial charge on any atom is -0.450 e. The molecular formula is C21H19NO6. The lowest BCUT2D eigenvalue weighted by Crippen LogP contribution is -2.27. The standard InChI is InChI=1S/C21H19NO6/c1-10-17(12(3)23)11(2)22-18(10)19(24)13(4)27-20(25)15-9-14-7-5-6-8-16(14)28-21(15)26/h5-9,13,22H,1-4H3/t13-/m0/s1. The van der Waals surface area contributed by atoms with Gasteiger partial charge in [0.25, 0.3) is 0 Å². The molecule has 3 aromatic rings. The van der Waals surface area contributed by atoms with Crippen molar-refractivity contribution in [2.75, 3.05) is 0 Å². The summed E-state index contributed by atoms with van der Waals surface area (Å²) in [6.45, 7) is 6.17. The first kappa shape index (κ1) is 19.3. The number of nitrogens with one attached hydrogen (secondary N) is 1. The number of para-hydroxylation sites is 1. The van der Waals surface area contributed by atoms with Crippen molar-refractivity contribution in [2.24, 2.45) is 0 Å². The SMILES string of the molecule is CC(=O)c1c(C)[nH]c(C(=O)[C@H](C)OC(=O)c2cc3ccccc3oc2=O)c1C. The summed E-state index contributed by atoms with van der Waals surface area (Å²) in [4.78, 5) is 51.8. The number of ether oxygens (including phenoxy) is 1. The van der Waals surface area contributed by atoms with Gasteiger partial charge in [-0.05, 0) is 45.4 Å². The third-order valence-corrected chi connectivity index (χ3v) is 4.55. The second kappa shape index (κ2) is 7.26. The first-order valence-corrected chi connectivity index (χ1v) is 8.69. The van der Waals surface area contributed by atoms with E-state index in [0.29, 0.717) is 27.8 Å². The maximum Gasteiger partial charge on any atom is 0.351 e. The molecule has 0 saturated carbocycles. The summed E-state index contributed by atoms with van der Waals surface area (Å²) in [5, 5.41) is 0.565. The first-order chi connectivity index (χ1) is 13.2. The Kier molecular flexibility index (Phi) is 5.00. The van der Waals surface area contributed by atoms with Gasteiger partial charge in [-0.15, -0.1) is 0 Å². The molecular weight excluding hydrogens is 362 g/mol. The molecule has 144 valence electrons. The second-order valence-electron chi connectivity index (χ2n) is 6.58. The molecule has 0 unspecified atom stereocenters. The molecule has 0 fully saturated rings. The number of esters is 1. The lowest BCUT2D eigenvalue weighted by Gasteiger charge is -2.12. The van der Waals surface area contributed by atoms with E-state index in [2.05, 4.69) is 4.98 Å². The van der Waals surface area contributed by atoms with Crippen molar-refractivity contribution in [3.8, 4) is 0 Å². The number of aromatic amines is 1. The largest absolute Gasteiger partial charge is 0.450 e. The van der Waals surface area contributed by atoms with E-state index < -0.39 is 23.5 Å². The Morgan fingerprint density at radius 2 is 1.82 bits per heavy atom. The van der Waals surface area contributed by atoms with Crippen LogP contribution in [0.5, 0.6) is 0 Å². The van der Waals surface area contributed by atoms with Crippen molar-refractivity contribution >= 4 is 28.5 Å². The molecule has 0 radical (unpaired) electrons. The quantitative estimate of drug-likeness (QED) is 0.413. The van der Waals surface area contributed by atoms with Crippen LogP contribution in [-0.2, 0) is 4.74 Å². The number of rotatable bonds is 5. The zero-order valence-corrected chi connectivity index (χ0v) is 15.9. The first-order valence-electron chi connectivity index (χ1n) is 8.69. The normalized spacial score (nSPS) is 12.0. The molecule has 0 saturated heterocycles. The highest BCUT2D eigenvalue weighted by Gasteiger charge is 2.27. The Hall–Kier alpha value is -3.48. The van der Waals surface area contributed by atoms with Gasteiger partial charge in [0, 0.05) is 16.6 Å². The molecule has 2 heterocycles. The van der Waals surface area contributed by atoms with Gasteiger partial charge in [0.2, 0.25) is 5.78 Å². The number of fused-ring (bicyclic) bond motifs is 1. The number of carbonyl (C=O) groups excluding carboxylic acids is 3. The molecule has 0 bridgehead atoms. The zero-order chi connectivity index (χ0) is 20.6. The van der Waals surface area contributed by atoms with Crippen LogP contribution in [0.4, 0.5) is 0 Å². The molecule has 28 heavy (non-hydrogen) atoms. The van der Waals surface area contributed by atoms with Gasteiger partial charge in [0.15, 0.2) is 11.9 Å². The van der Waals surface area contributed by atoms with Gasteiger partial charge in [-0.1, -0.05) is 18.2 Å². The van der Waals surface area contributed by atoms with Crippen LogP contribution < -0.4 is 5.63 Å². The molecule has 0 aliphatic carbocycles. The third kappa shape index (κ3) is 3.38. The topological polar surface area (TPSA) is 106 Å². The van der Waals surface area contributed by atoms with E-state index in [1.807, 2.05) is 0 Å². The molecule has 2 aromatic heterocycles. The molecule has 0 amide bonds. The van der Waals surface area contributed by atoms with E-state index in [0.717, 1.165) is 0 Å². The Morgan fingerprint density at radius 1 is 1.14 bits per heavy atom. The smallest absolute Gasteiger partial charge is 0.351 e. The van der Waals surface area contributed by atoms with E-state index in [-0.39, 0.29) is 17.0 Å². The van der Waals surface area contributed by atoms with Gasteiger partial charge in [0.1, 0.15) is 11.1 Å². The zero-order valence-electron chi connectivity index (χ0n) is 15.9. The summed E-state index contributed by atoms with van der Waals surface area (Å²) in [5.74, 6) is -1.61. The van der Waals surface area contributed by atoms with Crippen molar-refractivity contribution in [3.05, 3.63) is 68.8 Å². The Bertz CT molecular complexity index is 1170. The van der Waals surface area contributed by atoms with Crippen LogP contribution in [0, 0.1) is 13.8 Å². The van der Waals surface area contributed by atoms with Crippen molar-refractivity contribution in [1.82, 2.24) is 4.98 Å². The van der Waals surface area contributed by atoms with E-state index in [9.17, 15) is 19.2 Å². The summed E-state index contributed by atoms with van der Waals surface area (Å²) in [7, 11) is 0. The van der Waals surface area contributed by atoms with Crippen molar-refractivity contribution in [2.45, 2.75) is 33.8 Å². The highest BCUT2D eigenvalue weighted by atomic mass is 16.5. The van der Waals surface area contributed by atoms with Gasteiger partial charge >= 0.3 is 11.6 Å². The monoisotopic (exact) mass is 381 g/mol. The van der Waals surface area contributed by atoms with Gasteiger partial charge in [-0.2, -0.15) is 0 Å². The van der Waals surface area contributed by atoms with Crippen LogP contribution in [0.3, 0.4) is 0 Å². The predicted octanol–water partition coefficient (Wildman–Crippen LogP) is 3.37. The number of hydrogen-bond donors (Lipinski definition) is 1. The number of aromatic nitrogens is 1. The number of H-pyrrole nitrogens is 1. The van der Waals surface area contributed by atoms with Crippen molar-refractivity contribution in [3.63, 3.8) is 0 Å². The summed E-state index contributed by atoms with van der Waals surface area (Å²) >= 11 is 0. The molecule has 1 N–H and O–H groups in total. The fraction of sp³-hybridized carbons (Fsp3) is 0.238. The maximum absolute atomic E-state index is 12.7. The number of hydrogen-bond acceptors (Lipinski definition) is 6. The summed E-state index contributed by atoms with van der Waals surface area (Å²) < 4.78 is 10.3. The highest BCUT2D eigenvalue weighted by Crippen LogP contribution is 2.21. The fourth-order valence-corrected chi connectivity index (χ4v) is 3.21. The van der Waals surface area contributed by atoms with Crippen LogP contribution >= 0.6 is 0 Å². The number of ketones is 2. The van der Waals surface area contributed by atoms with Gasteiger partial charge in [-0.3, -0.25) is 9.59 Å². The minimum absolute atomic E-state index is 0.163. The van der Waals surface area contributed by atoms with E-state index in [1.54, 1.807) is 38.1 Å². The Morgan fingerprint density at radius 3 is 2.46 bits per heavy atom. The van der Waals surface area contributed by atoms with E-state index >= 15 is 0 Å². The van der Waals surface area contributed by atoms with Gasteiger partial charge < -0.3 is 14.1 Å². The summed E-state index contributed by atoms with van der Waals surface area (Å²) in [6.07, 6.45) is -1.16. The number of carbonyl (C=O) groups is 3. The van der Waals surface area contributed by atoms with Crippen LogP contribution in [0.2, 0.25) is 0 Å². The average Bonchev–Trinajstić information content (AvgIpc) is 2.94. The summed E-state index contributed by atoms with van der Waals surface area (Å²) in [5.41, 5.74) is 0.939. The third-order valence-electron chi connectivity index (χ3n) is 4.55. The molecule has 0 aliphatic rings. The molecule has 7 heteroatoms. The lowest BCUT2D eigenvalue weighted by atomic mass is 10.0. The summed E-state index contributed by atoms with van der Waals surface area (Å²) in [6, 6.07) is 8.13. The maximum atomic E-state index is 12.7. The van der Waals surface area contributed by atoms with Crippen LogP contribution in [0.25, 0.3) is 11.0 Å². The second-order valence-corrected chi connectivity index (χ2v) is 6.58.